The fourth-order valence-corrected chi connectivity index (χ4v) is 1.48. The van der Waals surface area contributed by atoms with Gasteiger partial charge in [-0.2, -0.15) is 0 Å². The summed E-state index contributed by atoms with van der Waals surface area (Å²) in [4.78, 5) is 0. The van der Waals surface area contributed by atoms with Gasteiger partial charge in [0.25, 0.3) is 0 Å². The van der Waals surface area contributed by atoms with Gasteiger partial charge in [0.05, 0.1) is 0 Å². The molecule has 0 atom stereocenters. The van der Waals surface area contributed by atoms with Crippen LogP contribution in [0, 0.1) is 0 Å². The second kappa shape index (κ2) is 6.07. The van der Waals surface area contributed by atoms with Crippen LogP contribution in [0.2, 0.25) is 0 Å². The molecule has 0 spiro atoms. The Balaban J connectivity index is 2.95. The van der Waals surface area contributed by atoms with E-state index in [1.165, 1.54) is 18.2 Å². The van der Waals surface area contributed by atoms with Gasteiger partial charge in [0.1, 0.15) is 5.75 Å². The first-order valence-corrected chi connectivity index (χ1v) is 5.54. The molecule has 0 aliphatic heterocycles. The molecule has 94 valence electrons. The predicted molar refractivity (Wildman–Crippen MR) is 61.6 cm³/mol. The molecular formula is C11H10BrF3O2. The lowest BCUT2D eigenvalue weighted by atomic mass is 10.2. The highest BCUT2D eigenvalue weighted by molar-refractivity contribution is 9.10. The van der Waals surface area contributed by atoms with E-state index in [4.69, 9.17) is 5.11 Å². The van der Waals surface area contributed by atoms with Crippen molar-refractivity contribution in [1.29, 1.82) is 0 Å². The van der Waals surface area contributed by atoms with Crippen molar-refractivity contribution in [2.45, 2.75) is 12.8 Å². The maximum Gasteiger partial charge on any atom is 0.573 e. The SMILES string of the molecule is OCCC=Cc1ccc(Br)cc1OC(F)(F)F. The fraction of sp³-hybridized carbons (Fsp3) is 0.273. The monoisotopic (exact) mass is 310 g/mol. The lowest BCUT2D eigenvalue weighted by molar-refractivity contribution is -0.274. The molecule has 0 aromatic heterocycles. The highest BCUT2D eigenvalue weighted by Crippen LogP contribution is 2.30. The molecule has 0 saturated heterocycles. The molecular weight excluding hydrogens is 301 g/mol. The number of hydrogen-bond donors (Lipinski definition) is 1. The number of rotatable bonds is 4. The van der Waals surface area contributed by atoms with Crippen LogP contribution < -0.4 is 4.74 Å². The Hall–Kier alpha value is -1.01. The average Bonchev–Trinajstić information content (AvgIpc) is 2.19. The zero-order valence-electron chi connectivity index (χ0n) is 8.67. The summed E-state index contributed by atoms with van der Waals surface area (Å²) < 4.78 is 40.8. The summed E-state index contributed by atoms with van der Waals surface area (Å²) in [6.07, 6.45) is -1.29. The van der Waals surface area contributed by atoms with Crippen LogP contribution in [0.1, 0.15) is 12.0 Å². The molecule has 2 nitrogen and oxygen atoms in total. The third kappa shape index (κ3) is 5.23. The maximum absolute atomic E-state index is 12.1. The summed E-state index contributed by atoms with van der Waals surface area (Å²) in [5.74, 6) is -0.277. The van der Waals surface area contributed by atoms with Crippen LogP contribution in [0.15, 0.2) is 28.7 Å². The van der Waals surface area contributed by atoms with Gasteiger partial charge >= 0.3 is 6.36 Å². The number of benzene rings is 1. The van der Waals surface area contributed by atoms with Gasteiger partial charge in [-0.05, 0) is 18.6 Å². The fourth-order valence-electron chi connectivity index (χ4n) is 1.14. The van der Waals surface area contributed by atoms with E-state index in [0.717, 1.165) is 0 Å². The van der Waals surface area contributed by atoms with Gasteiger partial charge in [0.15, 0.2) is 0 Å². The van der Waals surface area contributed by atoms with Crippen molar-refractivity contribution in [3.8, 4) is 5.75 Å². The Bertz CT molecular complexity index is 402. The normalized spacial score (nSPS) is 12.1. The standard InChI is InChI=1S/C11H10BrF3O2/c12-9-5-4-8(3-1-2-6-16)10(7-9)17-11(13,14)15/h1,3-5,7,16H,2,6H2. The van der Waals surface area contributed by atoms with Gasteiger partial charge in [-0.3, -0.25) is 0 Å². The van der Waals surface area contributed by atoms with Crippen LogP contribution in [0.3, 0.4) is 0 Å². The van der Waals surface area contributed by atoms with Crippen molar-refractivity contribution in [2.24, 2.45) is 0 Å². The van der Waals surface area contributed by atoms with Crippen molar-refractivity contribution in [3.63, 3.8) is 0 Å². The minimum absolute atomic E-state index is 0.0531. The van der Waals surface area contributed by atoms with Gasteiger partial charge in [0.2, 0.25) is 0 Å². The summed E-state index contributed by atoms with van der Waals surface area (Å²) >= 11 is 3.07. The Morgan fingerprint density at radius 1 is 1.35 bits per heavy atom. The Kier molecular flexibility index (Phi) is 5.02. The Labute approximate surface area is 105 Å². The van der Waals surface area contributed by atoms with Crippen LogP contribution >= 0.6 is 15.9 Å². The highest BCUT2D eigenvalue weighted by Gasteiger charge is 2.31. The van der Waals surface area contributed by atoms with E-state index in [9.17, 15) is 13.2 Å². The summed E-state index contributed by atoms with van der Waals surface area (Å²) in [5, 5.41) is 8.57. The quantitative estimate of drug-likeness (QED) is 0.918. The Morgan fingerprint density at radius 3 is 2.65 bits per heavy atom. The molecule has 1 N–H and O–H groups in total. The molecule has 0 aliphatic rings. The molecule has 0 aliphatic carbocycles. The molecule has 6 heteroatoms. The largest absolute Gasteiger partial charge is 0.573 e. The maximum atomic E-state index is 12.1. The third-order valence-electron chi connectivity index (χ3n) is 1.79. The highest BCUT2D eigenvalue weighted by atomic mass is 79.9. The van der Waals surface area contributed by atoms with E-state index >= 15 is 0 Å². The van der Waals surface area contributed by atoms with Crippen molar-refractivity contribution in [1.82, 2.24) is 0 Å². The van der Waals surface area contributed by atoms with Crippen molar-refractivity contribution < 1.29 is 23.0 Å². The van der Waals surface area contributed by atoms with E-state index in [1.807, 2.05) is 0 Å². The van der Waals surface area contributed by atoms with Gasteiger partial charge in [-0.25, -0.2) is 0 Å². The van der Waals surface area contributed by atoms with Crippen molar-refractivity contribution in [2.75, 3.05) is 6.61 Å². The molecule has 1 aromatic rings. The summed E-state index contributed by atoms with van der Waals surface area (Å²) in [5.41, 5.74) is 0.305. The number of alkyl halides is 3. The number of hydrogen-bond acceptors (Lipinski definition) is 2. The second-order valence-electron chi connectivity index (χ2n) is 3.14. The molecule has 0 amide bonds. The molecule has 1 aromatic carbocycles. The van der Waals surface area contributed by atoms with Crippen LogP contribution in [0.4, 0.5) is 13.2 Å². The Morgan fingerprint density at radius 2 is 2.06 bits per heavy atom. The third-order valence-corrected chi connectivity index (χ3v) is 2.29. The molecule has 0 fully saturated rings. The van der Waals surface area contributed by atoms with E-state index in [2.05, 4.69) is 20.7 Å². The van der Waals surface area contributed by atoms with Gasteiger partial charge in [0, 0.05) is 16.6 Å². The molecule has 1 rings (SSSR count). The summed E-state index contributed by atoms with van der Waals surface area (Å²) in [7, 11) is 0. The molecule has 0 radical (unpaired) electrons. The van der Waals surface area contributed by atoms with Crippen LogP contribution in [0.25, 0.3) is 6.08 Å². The average molecular weight is 311 g/mol. The van der Waals surface area contributed by atoms with Crippen LogP contribution in [-0.4, -0.2) is 18.1 Å². The van der Waals surface area contributed by atoms with Crippen molar-refractivity contribution in [3.05, 3.63) is 34.3 Å². The molecule has 0 saturated carbocycles. The van der Waals surface area contributed by atoms with Crippen LogP contribution in [0.5, 0.6) is 5.75 Å². The van der Waals surface area contributed by atoms with E-state index in [-0.39, 0.29) is 12.4 Å². The number of ether oxygens (including phenoxy) is 1. The number of aliphatic hydroxyl groups is 1. The number of aliphatic hydroxyl groups excluding tert-OH is 1. The number of halogens is 4. The smallest absolute Gasteiger partial charge is 0.405 e. The first-order valence-electron chi connectivity index (χ1n) is 4.75. The van der Waals surface area contributed by atoms with E-state index in [1.54, 1.807) is 12.1 Å². The summed E-state index contributed by atoms with van der Waals surface area (Å²) in [6, 6.07) is 4.35. The zero-order valence-corrected chi connectivity index (χ0v) is 10.3. The van der Waals surface area contributed by atoms with Crippen molar-refractivity contribution >= 4 is 22.0 Å². The van der Waals surface area contributed by atoms with Gasteiger partial charge < -0.3 is 9.84 Å². The molecule has 0 unspecified atom stereocenters. The molecule has 0 heterocycles. The minimum atomic E-state index is -4.72. The lowest BCUT2D eigenvalue weighted by Crippen LogP contribution is -2.17. The van der Waals surface area contributed by atoms with E-state index in [0.29, 0.717) is 16.5 Å². The molecule has 17 heavy (non-hydrogen) atoms. The first-order chi connectivity index (χ1) is 7.92. The molecule has 0 bridgehead atoms. The van der Waals surface area contributed by atoms with E-state index < -0.39 is 6.36 Å². The zero-order chi connectivity index (χ0) is 12.9. The topological polar surface area (TPSA) is 29.5 Å². The van der Waals surface area contributed by atoms with Gasteiger partial charge in [-0.1, -0.05) is 34.1 Å². The minimum Gasteiger partial charge on any atom is -0.405 e. The summed E-state index contributed by atoms with van der Waals surface area (Å²) in [6.45, 7) is -0.0531. The lowest BCUT2D eigenvalue weighted by Gasteiger charge is -2.11. The van der Waals surface area contributed by atoms with Crippen LogP contribution in [-0.2, 0) is 0 Å². The predicted octanol–water partition coefficient (Wildman–Crippen LogP) is 3.74. The first kappa shape index (κ1) is 14.1. The van der Waals surface area contributed by atoms with Gasteiger partial charge in [-0.15, -0.1) is 13.2 Å². The second-order valence-corrected chi connectivity index (χ2v) is 4.06.